The van der Waals surface area contributed by atoms with Gasteiger partial charge in [0.1, 0.15) is 0 Å². The van der Waals surface area contributed by atoms with Crippen LogP contribution in [0.25, 0.3) is 0 Å². The number of rotatable bonds is 3. The molecular weight excluding hydrogens is 334 g/mol. The van der Waals surface area contributed by atoms with Crippen molar-refractivity contribution in [1.29, 1.82) is 0 Å². The van der Waals surface area contributed by atoms with Crippen LogP contribution in [0.1, 0.15) is 0 Å². The zero-order chi connectivity index (χ0) is 14.0. The zero-order valence-corrected chi connectivity index (χ0v) is 11.9. The third kappa shape index (κ3) is 3.15. The Bertz CT molecular complexity index is 649. The minimum Gasteiger partial charge on any atom is -0.397 e. The van der Waals surface area contributed by atoms with E-state index in [0.29, 0.717) is 16.4 Å². The number of non-ortho nitro benzene ring substituents is 1. The number of benzene rings is 2. The van der Waals surface area contributed by atoms with Gasteiger partial charge in [0, 0.05) is 16.6 Å². The number of anilines is 3. The molecule has 98 valence electrons. The standard InChI is InChI=1S/C12H9BrClN3O2/c13-7-1-3-9(14)12(5-7)16-11-4-2-8(17(18)19)6-10(11)15/h1-6,16H,15H2. The third-order valence-electron chi connectivity index (χ3n) is 2.44. The fourth-order valence-electron chi connectivity index (χ4n) is 1.52. The van der Waals surface area contributed by atoms with E-state index in [-0.39, 0.29) is 11.4 Å². The maximum absolute atomic E-state index is 10.6. The summed E-state index contributed by atoms with van der Waals surface area (Å²) in [5.74, 6) is 0. The Hall–Kier alpha value is -1.79. The number of halogens is 2. The molecule has 0 amide bonds. The molecule has 0 saturated carbocycles. The van der Waals surface area contributed by atoms with Gasteiger partial charge in [0.25, 0.3) is 5.69 Å². The Morgan fingerprint density at radius 2 is 1.95 bits per heavy atom. The van der Waals surface area contributed by atoms with Gasteiger partial charge in [0.15, 0.2) is 0 Å². The van der Waals surface area contributed by atoms with Crippen molar-refractivity contribution in [3.8, 4) is 0 Å². The van der Waals surface area contributed by atoms with E-state index in [1.54, 1.807) is 18.2 Å². The van der Waals surface area contributed by atoms with Crippen molar-refractivity contribution in [2.75, 3.05) is 11.1 Å². The van der Waals surface area contributed by atoms with Crippen LogP contribution in [0.3, 0.4) is 0 Å². The van der Waals surface area contributed by atoms with E-state index in [2.05, 4.69) is 21.2 Å². The molecule has 2 aromatic carbocycles. The van der Waals surface area contributed by atoms with Gasteiger partial charge in [0.2, 0.25) is 0 Å². The molecule has 0 aromatic heterocycles. The fraction of sp³-hybridized carbons (Fsp3) is 0. The Balaban J connectivity index is 2.33. The van der Waals surface area contributed by atoms with Crippen molar-refractivity contribution < 1.29 is 4.92 Å². The molecule has 0 spiro atoms. The first-order valence-electron chi connectivity index (χ1n) is 5.23. The average Bonchev–Trinajstić information content (AvgIpc) is 2.36. The maximum Gasteiger partial charge on any atom is 0.271 e. The summed E-state index contributed by atoms with van der Waals surface area (Å²) >= 11 is 9.39. The van der Waals surface area contributed by atoms with Crippen LogP contribution in [0, 0.1) is 10.1 Å². The lowest BCUT2D eigenvalue weighted by molar-refractivity contribution is -0.384. The van der Waals surface area contributed by atoms with Crippen LogP contribution < -0.4 is 11.1 Å². The number of nitrogens with zero attached hydrogens (tertiary/aromatic N) is 1. The Labute approximate surface area is 122 Å². The van der Waals surface area contributed by atoms with Gasteiger partial charge in [-0.2, -0.15) is 0 Å². The summed E-state index contributed by atoms with van der Waals surface area (Å²) in [6, 6.07) is 9.56. The number of nitrogens with two attached hydrogens (primary N) is 1. The van der Waals surface area contributed by atoms with Crippen LogP contribution in [0.15, 0.2) is 40.9 Å². The van der Waals surface area contributed by atoms with Gasteiger partial charge in [0.05, 0.1) is 27.0 Å². The number of hydrogen-bond acceptors (Lipinski definition) is 4. The molecule has 0 atom stereocenters. The highest BCUT2D eigenvalue weighted by Crippen LogP contribution is 2.32. The summed E-state index contributed by atoms with van der Waals surface area (Å²) in [4.78, 5) is 10.1. The minimum absolute atomic E-state index is 0.0524. The highest BCUT2D eigenvalue weighted by atomic mass is 79.9. The van der Waals surface area contributed by atoms with Gasteiger partial charge in [-0.3, -0.25) is 10.1 Å². The molecule has 2 rings (SSSR count). The van der Waals surface area contributed by atoms with Crippen LogP contribution in [0.4, 0.5) is 22.7 Å². The van der Waals surface area contributed by atoms with Crippen molar-refractivity contribution in [3.05, 3.63) is 56.0 Å². The summed E-state index contributed by atoms with van der Waals surface area (Å²) < 4.78 is 0.861. The van der Waals surface area contributed by atoms with Crippen molar-refractivity contribution in [2.24, 2.45) is 0 Å². The first kappa shape index (κ1) is 13.6. The number of nitrogen functional groups attached to an aromatic ring is 1. The third-order valence-corrected chi connectivity index (χ3v) is 3.27. The average molecular weight is 343 g/mol. The molecule has 0 bridgehead atoms. The Morgan fingerprint density at radius 1 is 1.21 bits per heavy atom. The van der Waals surface area contributed by atoms with E-state index in [4.69, 9.17) is 17.3 Å². The summed E-state index contributed by atoms with van der Waals surface area (Å²) in [5.41, 5.74) is 7.23. The molecule has 0 radical (unpaired) electrons. The summed E-state index contributed by atoms with van der Waals surface area (Å²) in [7, 11) is 0. The number of hydrogen-bond donors (Lipinski definition) is 2. The van der Waals surface area contributed by atoms with Gasteiger partial charge >= 0.3 is 0 Å². The molecule has 7 heteroatoms. The SMILES string of the molecule is Nc1cc([N+](=O)[O-])ccc1Nc1cc(Br)ccc1Cl. The maximum atomic E-state index is 10.6. The van der Waals surface area contributed by atoms with E-state index in [1.165, 1.54) is 12.1 Å². The van der Waals surface area contributed by atoms with E-state index >= 15 is 0 Å². The predicted molar refractivity (Wildman–Crippen MR) is 79.9 cm³/mol. The van der Waals surface area contributed by atoms with Crippen LogP contribution in [0.2, 0.25) is 5.02 Å². The number of nitro groups is 1. The summed E-state index contributed by atoms with van der Waals surface area (Å²) in [6.45, 7) is 0. The predicted octanol–water partition coefficient (Wildman–Crippen LogP) is 4.34. The molecular formula is C12H9BrClN3O2. The van der Waals surface area contributed by atoms with Crippen LogP contribution in [0.5, 0.6) is 0 Å². The number of nitrogens with one attached hydrogen (secondary N) is 1. The van der Waals surface area contributed by atoms with Gasteiger partial charge in [-0.1, -0.05) is 27.5 Å². The van der Waals surface area contributed by atoms with Gasteiger partial charge in [-0.15, -0.1) is 0 Å². The van der Waals surface area contributed by atoms with Gasteiger partial charge < -0.3 is 11.1 Å². The fourth-order valence-corrected chi connectivity index (χ4v) is 2.04. The van der Waals surface area contributed by atoms with Crippen molar-refractivity contribution in [3.63, 3.8) is 0 Å². The van der Waals surface area contributed by atoms with E-state index in [1.807, 2.05) is 6.07 Å². The smallest absolute Gasteiger partial charge is 0.271 e. The molecule has 5 nitrogen and oxygen atoms in total. The largest absolute Gasteiger partial charge is 0.397 e. The second-order valence-corrected chi connectivity index (χ2v) is 5.10. The van der Waals surface area contributed by atoms with Gasteiger partial charge in [-0.05, 0) is 24.3 Å². The lowest BCUT2D eigenvalue weighted by Crippen LogP contribution is -1.98. The minimum atomic E-state index is -0.494. The molecule has 19 heavy (non-hydrogen) atoms. The second-order valence-electron chi connectivity index (χ2n) is 3.78. The molecule has 0 aliphatic rings. The van der Waals surface area contributed by atoms with Crippen LogP contribution >= 0.6 is 27.5 Å². The van der Waals surface area contributed by atoms with E-state index < -0.39 is 4.92 Å². The summed E-state index contributed by atoms with van der Waals surface area (Å²) in [5, 5.41) is 14.2. The highest BCUT2D eigenvalue weighted by Gasteiger charge is 2.10. The van der Waals surface area contributed by atoms with Crippen LogP contribution in [-0.4, -0.2) is 4.92 Å². The summed E-state index contributed by atoms with van der Waals surface area (Å²) in [6.07, 6.45) is 0. The van der Waals surface area contributed by atoms with Gasteiger partial charge in [-0.25, -0.2) is 0 Å². The van der Waals surface area contributed by atoms with Crippen molar-refractivity contribution in [2.45, 2.75) is 0 Å². The topological polar surface area (TPSA) is 81.2 Å². The molecule has 3 N–H and O–H groups in total. The Kier molecular flexibility index (Phi) is 3.92. The quantitative estimate of drug-likeness (QED) is 0.494. The highest BCUT2D eigenvalue weighted by molar-refractivity contribution is 9.10. The molecule has 0 fully saturated rings. The van der Waals surface area contributed by atoms with E-state index in [9.17, 15) is 10.1 Å². The van der Waals surface area contributed by atoms with Crippen molar-refractivity contribution in [1.82, 2.24) is 0 Å². The molecule has 2 aromatic rings. The molecule has 0 unspecified atom stereocenters. The zero-order valence-electron chi connectivity index (χ0n) is 9.56. The number of nitro benzene ring substituents is 1. The molecule has 0 aliphatic heterocycles. The monoisotopic (exact) mass is 341 g/mol. The first-order valence-corrected chi connectivity index (χ1v) is 6.40. The van der Waals surface area contributed by atoms with Crippen molar-refractivity contribution >= 4 is 50.3 Å². The Morgan fingerprint density at radius 3 is 2.58 bits per heavy atom. The van der Waals surface area contributed by atoms with Crippen LogP contribution in [-0.2, 0) is 0 Å². The molecule has 0 aliphatic carbocycles. The second kappa shape index (κ2) is 5.46. The first-order chi connectivity index (χ1) is 8.97. The molecule has 0 heterocycles. The van der Waals surface area contributed by atoms with E-state index in [0.717, 1.165) is 4.47 Å². The lowest BCUT2D eigenvalue weighted by atomic mass is 10.2. The normalized spacial score (nSPS) is 10.2. The lowest BCUT2D eigenvalue weighted by Gasteiger charge is -2.11. The molecule has 0 saturated heterocycles.